The van der Waals surface area contributed by atoms with Gasteiger partial charge in [0, 0.05) is 21.9 Å². The third-order valence-corrected chi connectivity index (χ3v) is 6.82. The van der Waals surface area contributed by atoms with Crippen LogP contribution in [-0.2, 0) is 16.6 Å². The molecular formula is C19H16BrClN2O2S. The summed E-state index contributed by atoms with van der Waals surface area (Å²) in [5.74, 6) is 0. The summed E-state index contributed by atoms with van der Waals surface area (Å²) in [6.45, 7) is 2.08. The van der Waals surface area contributed by atoms with Gasteiger partial charge in [-0.25, -0.2) is 8.42 Å². The number of nitrogens with zero attached hydrogens (tertiary/aromatic N) is 2. The van der Waals surface area contributed by atoms with E-state index in [9.17, 15) is 8.42 Å². The molecule has 134 valence electrons. The Balaban J connectivity index is 2.11. The molecule has 0 aliphatic heterocycles. The predicted octanol–water partition coefficient (Wildman–Crippen LogP) is 5.20. The molecule has 0 saturated heterocycles. The van der Waals surface area contributed by atoms with Gasteiger partial charge >= 0.3 is 0 Å². The van der Waals surface area contributed by atoms with Crippen LogP contribution in [0.5, 0.6) is 0 Å². The van der Waals surface area contributed by atoms with E-state index in [1.807, 2.05) is 13.0 Å². The quantitative estimate of drug-likeness (QED) is 0.535. The smallest absolute Gasteiger partial charge is 0.264 e. The third kappa shape index (κ3) is 4.09. The van der Waals surface area contributed by atoms with Crippen molar-refractivity contribution >= 4 is 43.2 Å². The Labute approximate surface area is 166 Å². The summed E-state index contributed by atoms with van der Waals surface area (Å²) in [6.07, 6.45) is 3.31. The van der Waals surface area contributed by atoms with E-state index in [0.29, 0.717) is 15.2 Å². The van der Waals surface area contributed by atoms with Crippen molar-refractivity contribution in [3.8, 4) is 0 Å². The SMILES string of the molecule is Cc1ccc(S(=O)(=O)N(Cc2cccnc2)c2ccc(Cl)cc2)c(Br)c1. The number of anilines is 1. The number of sulfonamides is 1. The zero-order valence-electron chi connectivity index (χ0n) is 13.9. The lowest BCUT2D eigenvalue weighted by atomic mass is 10.2. The first-order chi connectivity index (χ1) is 12.4. The Bertz CT molecular complexity index is 1010. The normalized spacial score (nSPS) is 11.3. The first-order valence-electron chi connectivity index (χ1n) is 7.81. The second kappa shape index (κ2) is 7.78. The number of hydrogen-bond acceptors (Lipinski definition) is 3. The maximum atomic E-state index is 13.4. The number of aryl methyl sites for hydroxylation is 1. The molecule has 0 fully saturated rings. The second-order valence-corrected chi connectivity index (χ2v) is 8.90. The van der Waals surface area contributed by atoms with Crippen LogP contribution in [0.3, 0.4) is 0 Å². The molecule has 0 aliphatic carbocycles. The minimum atomic E-state index is -3.80. The lowest BCUT2D eigenvalue weighted by Gasteiger charge is -2.25. The molecule has 1 aromatic heterocycles. The Morgan fingerprint density at radius 2 is 1.85 bits per heavy atom. The Hall–Kier alpha value is -1.89. The summed E-state index contributed by atoms with van der Waals surface area (Å²) < 4.78 is 28.7. The van der Waals surface area contributed by atoms with E-state index in [2.05, 4.69) is 20.9 Å². The summed E-state index contributed by atoms with van der Waals surface area (Å²) in [5.41, 5.74) is 2.29. The lowest BCUT2D eigenvalue weighted by molar-refractivity contribution is 0.590. The van der Waals surface area contributed by atoms with Crippen LogP contribution in [0.15, 0.2) is 76.4 Å². The molecule has 4 nitrogen and oxygen atoms in total. The Kier molecular flexibility index (Phi) is 5.65. The number of pyridine rings is 1. The maximum Gasteiger partial charge on any atom is 0.265 e. The highest BCUT2D eigenvalue weighted by Crippen LogP contribution is 2.31. The van der Waals surface area contributed by atoms with Gasteiger partial charge in [-0.3, -0.25) is 9.29 Å². The van der Waals surface area contributed by atoms with Crippen LogP contribution in [0.1, 0.15) is 11.1 Å². The standard InChI is InChI=1S/C19H16BrClN2O2S/c1-14-4-9-19(18(20)11-14)26(24,25)23(13-15-3-2-10-22-12-15)17-7-5-16(21)6-8-17/h2-12H,13H2,1H3. The Morgan fingerprint density at radius 3 is 2.46 bits per heavy atom. The van der Waals surface area contributed by atoms with Gasteiger partial charge in [0.15, 0.2) is 0 Å². The fourth-order valence-electron chi connectivity index (χ4n) is 2.51. The summed E-state index contributed by atoms with van der Waals surface area (Å²) in [6, 6.07) is 15.5. The van der Waals surface area contributed by atoms with Gasteiger partial charge < -0.3 is 0 Å². The minimum Gasteiger partial charge on any atom is -0.264 e. The molecule has 0 unspecified atom stereocenters. The average molecular weight is 452 g/mol. The summed E-state index contributed by atoms with van der Waals surface area (Å²) in [7, 11) is -3.80. The number of aromatic nitrogens is 1. The number of hydrogen-bond donors (Lipinski definition) is 0. The fraction of sp³-hybridized carbons (Fsp3) is 0.105. The van der Waals surface area contributed by atoms with E-state index >= 15 is 0 Å². The van der Waals surface area contributed by atoms with Crippen molar-refractivity contribution in [1.29, 1.82) is 0 Å². The first kappa shape index (κ1) is 18.9. The van der Waals surface area contributed by atoms with Crippen molar-refractivity contribution in [2.45, 2.75) is 18.4 Å². The molecule has 0 aliphatic rings. The van der Waals surface area contributed by atoms with Gasteiger partial charge in [0.25, 0.3) is 10.0 Å². The van der Waals surface area contributed by atoms with Crippen molar-refractivity contribution < 1.29 is 8.42 Å². The zero-order chi connectivity index (χ0) is 18.7. The zero-order valence-corrected chi connectivity index (χ0v) is 17.1. The van der Waals surface area contributed by atoms with Gasteiger partial charge in [0.1, 0.15) is 4.90 Å². The van der Waals surface area contributed by atoms with E-state index in [1.54, 1.807) is 60.9 Å². The second-order valence-electron chi connectivity index (χ2n) is 5.78. The van der Waals surface area contributed by atoms with Gasteiger partial charge in [-0.15, -0.1) is 0 Å². The summed E-state index contributed by atoms with van der Waals surface area (Å²) in [5, 5.41) is 0.545. The van der Waals surface area contributed by atoms with E-state index in [1.165, 1.54) is 4.31 Å². The van der Waals surface area contributed by atoms with Crippen LogP contribution in [0.4, 0.5) is 5.69 Å². The lowest BCUT2D eigenvalue weighted by Crippen LogP contribution is -2.30. The van der Waals surface area contributed by atoms with Gasteiger partial charge in [-0.1, -0.05) is 23.7 Å². The molecule has 7 heteroatoms. The van der Waals surface area contributed by atoms with Gasteiger partial charge in [0.2, 0.25) is 0 Å². The van der Waals surface area contributed by atoms with Crippen molar-refractivity contribution in [1.82, 2.24) is 4.98 Å². The van der Waals surface area contributed by atoms with Crippen LogP contribution in [0.2, 0.25) is 5.02 Å². The molecule has 0 atom stereocenters. The molecule has 0 spiro atoms. The van der Waals surface area contributed by atoms with Crippen molar-refractivity contribution in [2.75, 3.05) is 4.31 Å². The number of benzene rings is 2. The largest absolute Gasteiger partial charge is 0.265 e. The maximum absolute atomic E-state index is 13.4. The Morgan fingerprint density at radius 1 is 1.12 bits per heavy atom. The average Bonchev–Trinajstić information content (AvgIpc) is 2.61. The molecule has 26 heavy (non-hydrogen) atoms. The van der Waals surface area contributed by atoms with Crippen LogP contribution in [0, 0.1) is 6.92 Å². The summed E-state index contributed by atoms with van der Waals surface area (Å²) in [4.78, 5) is 4.29. The highest BCUT2D eigenvalue weighted by molar-refractivity contribution is 9.10. The van der Waals surface area contributed by atoms with Gasteiger partial charge in [0.05, 0.1) is 12.2 Å². The topological polar surface area (TPSA) is 50.3 Å². The van der Waals surface area contributed by atoms with E-state index in [4.69, 9.17) is 11.6 Å². The monoisotopic (exact) mass is 450 g/mol. The van der Waals surface area contributed by atoms with Crippen molar-refractivity contribution in [3.05, 3.63) is 87.6 Å². The predicted molar refractivity (Wildman–Crippen MR) is 108 cm³/mol. The highest BCUT2D eigenvalue weighted by Gasteiger charge is 2.27. The van der Waals surface area contributed by atoms with Gasteiger partial charge in [-0.2, -0.15) is 0 Å². The highest BCUT2D eigenvalue weighted by atomic mass is 79.9. The molecule has 0 amide bonds. The van der Waals surface area contributed by atoms with Crippen LogP contribution < -0.4 is 4.31 Å². The molecule has 0 bridgehead atoms. The minimum absolute atomic E-state index is 0.165. The first-order valence-corrected chi connectivity index (χ1v) is 10.4. The third-order valence-electron chi connectivity index (χ3n) is 3.82. The van der Waals surface area contributed by atoms with Crippen molar-refractivity contribution in [3.63, 3.8) is 0 Å². The molecule has 3 aromatic rings. The molecule has 3 rings (SSSR count). The number of halogens is 2. The molecule has 0 saturated carbocycles. The van der Waals surface area contributed by atoms with Crippen LogP contribution >= 0.6 is 27.5 Å². The van der Waals surface area contributed by atoms with Crippen LogP contribution in [0.25, 0.3) is 0 Å². The van der Waals surface area contributed by atoms with E-state index < -0.39 is 10.0 Å². The molecule has 2 aromatic carbocycles. The fourth-order valence-corrected chi connectivity index (χ4v) is 5.25. The molecule has 0 radical (unpaired) electrons. The number of rotatable bonds is 5. The molecular weight excluding hydrogens is 436 g/mol. The van der Waals surface area contributed by atoms with E-state index in [-0.39, 0.29) is 11.4 Å². The van der Waals surface area contributed by atoms with Crippen LogP contribution in [-0.4, -0.2) is 13.4 Å². The van der Waals surface area contributed by atoms with Crippen molar-refractivity contribution in [2.24, 2.45) is 0 Å². The van der Waals surface area contributed by atoms with E-state index in [0.717, 1.165) is 11.1 Å². The molecule has 1 heterocycles. The van der Waals surface area contributed by atoms with Gasteiger partial charge in [-0.05, 0) is 76.4 Å². The molecule has 0 N–H and O–H groups in total. The summed E-state index contributed by atoms with van der Waals surface area (Å²) >= 11 is 9.35.